The molecule has 2 fully saturated rings. The Morgan fingerprint density at radius 2 is 2.06 bits per heavy atom. The maximum atomic E-state index is 4.90. The molecule has 3 aromatic rings. The Kier molecular flexibility index (Phi) is 5.55. The quantitative estimate of drug-likeness (QED) is 0.504. The lowest BCUT2D eigenvalue weighted by atomic mass is 9.97. The van der Waals surface area contributed by atoms with E-state index in [-0.39, 0.29) is 0 Å². The second-order valence-electron chi connectivity index (χ2n) is 8.65. The van der Waals surface area contributed by atoms with Gasteiger partial charge in [0.15, 0.2) is 5.82 Å². The zero-order valence-corrected chi connectivity index (χ0v) is 18.2. The van der Waals surface area contributed by atoms with Crippen molar-refractivity contribution in [3.05, 3.63) is 36.2 Å². The number of nitrogens with one attached hydrogen (secondary N) is 3. The Hall–Kier alpha value is -3.00. The topological polar surface area (TPSA) is 94.1 Å². The third-order valence-electron chi connectivity index (χ3n) is 6.49. The molecule has 0 saturated carbocycles. The van der Waals surface area contributed by atoms with Crippen LogP contribution in [-0.2, 0) is 0 Å². The number of fused-ring (bicyclic) bond motifs is 3. The number of pyridine rings is 2. The summed E-state index contributed by atoms with van der Waals surface area (Å²) >= 11 is 0. The van der Waals surface area contributed by atoms with Crippen molar-refractivity contribution in [3.8, 4) is 0 Å². The molecule has 1 unspecified atom stereocenters. The predicted octanol–water partition coefficient (Wildman–Crippen LogP) is 3.90. The van der Waals surface area contributed by atoms with Gasteiger partial charge in [0.05, 0.1) is 5.52 Å². The summed E-state index contributed by atoms with van der Waals surface area (Å²) in [7, 11) is 1.85. The monoisotopic (exact) mass is 418 g/mol. The summed E-state index contributed by atoms with van der Waals surface area (Å²) < 4.78 is 0. The maximum absolute atomic E-state index is 4.90. The molecule has 8 heteroatoms. The van der Waals surface area contributed by atoms with Gasteiger partial charge in [0.1, 0.15) is 11.6 Å². The van der Waals surface area contributed by atoms with E-state index in [0.29, 0.717) is 18.1 Å². The van der Waals surface area contributed by atoms with E-state index < -0.39 is 0 Å². The first-order valence-electron chi connectivity index (χ1n) is 11.2. The summed E-state index contributed by atoms with van der Waals surface area (Å²) in [4.78, 5) is 16.3. The van der Waals surface area contributed by atoms with E-state index in [4.69, 9.17) is 4.98 Å². The second-order valence-corrected chi connectivity index (χ2v) is 8.65. The van der Waals surface area contributed by atoms with Crippen LogP contribution in [0.4, 0.5) is 17.5 Å². The number of hydrogen-bond acceptors (Lipinski definition) is 7. The van der Waals surface area contributed by atoms with Crippen molar-refractivity contribution >= 4 is 34.6 Å². The maximum Gasteiger partial charge on any atom is 0.153 e. The van der Waals surface area contributed by atoms with Crippen LogP contribution in [0.15, 0.2) is 35.5 Å². The third kappa shape index (κ3) is 4.25. The minimum atomic E-state index is 0.423. The molecule has 2 saturated heterocycles. The van der Waals surface area contributed by atoms with Gasteiger partial charge in [0, 0.05) is 61.1 Å². The number of aryl methyl sites for hydroxylation is 1. The average molecular weight is 419 g/mol. The summed E-state index contributed by atoms with van der Waals surface area (Å²) in [5.74, 6) is 2.41. The van der Waals surface area contributed by atoms with Crippen LogP contribution in [0, 0.1) is 6.92 Å². The van der Waals surface area contributed by atoms with E-state index in [1.807, 2.05) is 44.6 Å². The molecular weight excluding hydrogens is 388 g/mol. The molecule has 3 aromatic heterocycles. The van der Waals surface area contributed by atoms with Crippen molar-refractivity contribution in [3.63, 3.8) is 0 Å². The molecular formula is C23H30N8. The molecule has 3 atom stereocenters. The van der Waals surface area contributed by atoms with Crippen LogP contribution in [0.25, 0.3) is 10.9 Å². The number of H-pyrrole nitrogens is 1. The molecule has 2 aliphatic heterocycles. The minimum Gasteiger partial charge on any atom is -0.367 e. The van der Waals surface area contributed by atoms with E-state index in [0.717, 1.165) is 59.9 Å². The highest BCUT2D eigenvalue weighted by molar-refractivity contribution is 5.91. The van der Waals surface area contributed by atoms with Crippen LogP contribution in [-0.4, -0.2) is 63.0 Å². The van der Waals surface area contributed by atoms with Gasteiger partial charge in [-0.05, 0) is 57.4 Å². The lowest BCUT2D eigenvalue weighted by molar-refractivity contribution is 0.137. The summed E-state index contributed by atoms with van der Waals surface area (Å²) in [6.07, 6.45) is 9.79. The molecule has 0 aliphatic carbocycles. The first-order valence-corrected chi connectivity index (χ1v) is 11.2. The highest BCUT2D eigenvalue weighted by Gasteiger charge is 2.40. The van der Waals surface area contributed by atoms with Gasteiger partial charge in [0.25, 0.3) is 0 Å². The van der Waals surface area contributed by atoms with Crippen molar-refractivity contribution in [2.24, 2.45) is 4.99 Å². The number of nitrogens with zero attached hydrogens (tertiary/aromatic N) is 5. The van der Waals surface area contributed by atoms with E-state index >= 15 is 0 Å². The molecule has 0 aromatic carbocycles. The third-order valence-corrected chi connectivity index (χ3v) is 6.49. The Balaban J connectivity index is 1.35. The SMILES string of the molecule is CN=CCCN1[C@@H]2CC[C@H]1CC(Nc1nc(Nc3cc(C)[nH]n3)cc3ncccc13)C2. The van der Waals surface area contributed by atoms with Gasteiger partial charge in [-0.1, -0.05) is 0 Å². The normalized spacial score (nSPS) is 23.6. The highest BCUT2D eigenvalue weighted by atomic mass is 15.2. The van der Waals surface area contributed by atoms with Gasteiger partial charge in [-0.15, -0.1) is 0 Å². The molecule has 5 rings (SSSR count). The van der Waals surface area contributed by atoms with Gasteiger partial charge in [0.2, 0.25) is 0 Å². The lowest BCUT2D eigenvalue weighted by Crippen LogP contribution is -2.47. The van der Waals surface area contributed by atoms with Crippen LogP contribution < -0.4 is 10.6 Å². The summed E-state index contributed by atoms with van der Waals surface area (Å²) in [6.45, 7) is 3.10. The summed E-state index contributed by atoms with van der Waals surface area (Å²) in [5.41, 5.74) is 1.93. The first-order chi connectivity index (χ1) is 15.2. The van der Waals surface area contributed by atoms with E-state index in [9.17, 15) is 0 Å². The number of aromatic nitrogens is 4. The second kappa shape index (κ2) is 8.63. The van der Waals surface area contributed by atoms with Crippen LogP contribution in [0.2, 0.25) is 0 Å². The molecule has 0 radical (unpaired) electrons. The van der Waals surface area contributed by atoms with E-state index in [1.165, 1.54) is 12.8 Å². The molecule has 2 bridgehead atoms. The summed E-state index contributed by atoms with van der Waals surface area (Å²) in [5, 5.41) is 15.4. The Morgan fingerprint density at radius 3 is 2.81 bits per heavy atom. The zero-order valence-electron chi connectivity index (χ0n) is 18.2. The Morgan fingerprint density at radius 1 is 1.23 bits per heavy atom. The molecule has 0 amide bonds. The number of rotatable bonds is 7. The van der Waals surface area contributed by atoms with Crippen molar-refractivity contribution < 1.29 is 0 Å². The Labute approximate surface area is 182 Å². The zero-order chi connectivity index (χ0) is 21.2. The molecule has 8 nitrogen and oxygen atoms in total. The summed E-state index contributed by atoms with van der Waals surface area (Å²) in [6, 6.07) is 9.74. The number of aromatic amines is 1. The van der Waals surface area contributed by atoms with Gasteiger partial charge in [-0.25, -0.2) is 4.98 Å². The van der Waals surface area contributed by atoms with Crippen LogP contribution in [0.1, 0.15) is 37.8 Å². The van der Waals surface area contributed by atoms with Crippen LogP contribution in [0.5, 0.6) is 0 Å². The van der Waals surface area contributed by atoms with Crippen molar-refractivity contribution in [2.75, 3.05) is 24.2 Å². The largest absolute Gasteiger partial charge is 0.367 e. The van der Waals surface area contributed by atoms with Gasteiger partial charge >= 0.3 is 0 Å². The fourth-order valence-electron chi connectivity index (χ4n) is 5.15. The van der Waals surface area contributed by atoms with E-state index in [2.05, 4.69) is 41.8 Å². The molecule has 0 spiro atoms. The molecule has 5 heterocycles. The van der Waals surface area contributed by atoms with Gasteiger partial charge in [-0.2, -0.15) is 5.10 Å². The minimum absolute atomic E-state index is 0.423. The number of aliphatic imine (C=N–C) groups is 1. The first kappa shape index (κ1) is 19.9. The van der Waals surface area contributed by atoms with Gasteiger partial charge in [-0.3, -0.25) is 15.0 Å². The fraction of sp³-hybridized carbons (Fsp3) is 0.478. The molecule has 31 heavy (non-hydrogen) atoms. The molecule has 3 N–H and O–H groups in total. The fourth-order valence-corrected chi connectivity index (χ4v) is 5.15. The Bertz CT molecular complexity index is 1060. The van der Waals surface area contributed by atoms with Crippen LogP contribution >= 0.6 is 0 Å². The van der Waals surface area contributed by atoms with Crippen molar-refractivity contribution in [1.82, 2.24) is 25.1 Å². The van der Waals surface area contributed by atoms with Crippen LogP contribution in [0.3, 0.4) is 0 Å². The van der Waals surface area contributed by atoms with Gasteiger partial charge < -0.3 is 15.6 Å². The lowest BCUT2D eigenvalue weighted by Gasteiger charge is -2.39. The number of hydrogen-bond donors (Lipinski definition) is 3. The average Bonchev–Trinajstić information content (AvgIpc) is 3.27. The number of anilines is 3. The highest BCUT2D eigenvalue weighted by Crippen LogP contribution is 2.37. The predicted molar refractivity (Wildman–Crippen MR) is 125 cm³/mol. The smallest absolute Gasteiger partial charge is 0.153 e. The van der Waals surface area contributed by atoms with Crippen molar-refractivity contribution in [2.45, 2.75) is 57.2 Å². The van der Waals surface area contributed by atoms with Crippen molar-refractivity contribution in [1.29, 1.82) is 0 Å². The number of piperidine rings is 1. The standard InChI is InChI=1S/C23H30N8/c1-15-11-22(30-29-15)27-21-14-20-19(5-3-9-25-20)23(28-21)26-16-12-17-6-7-18(13-16)31(17)10-4-8-24-2/h3,5,8-9,11,14,16-18H,4,6-7,10,12-13H2,1-2H3,(H3,26,27,28,29,30)/t16?,17-,18+. The molecule has 2 aliphatic rings. The molecule has 162 valence electrons. The van der Waals surface area contributed by atoms with E-state index in [1.54, 1.807) is 0 Å².